The Morgan fingerprint density at radius 2 is 2.00 bits per heavy atom. The van der Waals surface area contributed by atoms with Gasteiger partial charge >= 0.3 is 10.1 Å². The number of aliphatic imine (C=N–C) groups is 1. The van der Waals surface area contributed by atoms with Crippen LogP contribution < -0.4 is 20.1 Å². The third-order valence-corrected chi connectivity index (χ3v) is 4.63. The van der Waals surface area contributed by atoms with Crippen LogP contribution in [0.3, 0.4) is 0 Å². The lowest BCUT2D eigenvalue weighted by Crippen LogP contribution is -2.27. The van der Waals surface area contributed by atoms with Crippen molar-refractivity contribution in [3.8, 4) is 11.5 Å². The van der Waals surface area contributed by atoms with Crippen molar-refractivity contribution < 1.29 is 17.3 Å². The molecule has 27 heavy (non-hydrogen) atoms. The van der Waals surface area contributed by atoms with Gasteiger partial charge in [-0.2, -0.15) is 13.5 Å². The van der Waals surface area contributed by atoms with Crippen molar-refractivity contribution in [2.45, 2.75) is 11.8 Å². The minimum Gasteiger partial charge on any atom is -0.492 e. The summed E-state index contributed by atoms with van der Waals surface area (Å²) in [6, 6.07) is 10.6. The maximum absolute atomic E-state index is 12.4. The molecule has 0 spiro atoms. The fraction of sp³-hybridized carbons (Fsp3) is 0.176. The van der Waals surface area contributed by atoms with Crippen molar-refractivity contribution in [2.75, 3.05) is 13.2 Å². The van der Waals surface area contributed by atoms with E-state index in [1.54, 1.807) is 25.1 Å². The molecule has 2 aromatic rings. The summed E-state index contributed by atoms with van der Waals surface area (Å²) in [7, 11) is -4.02. The molecule has 0 unspecified atom stereocenters. The predicted octanol–water partition coefficient (Wildman–Crippen LogP) is 2.31. The number of rotatable bonds is 8. The predicted molar refractivity (Wildman–Crippen MR) is 105 cm³/mol. The van der Waals surface area contributed by atoms with Gasteiger partial charge in [-0.25, -0.2) is 10.4 Å². The van der Waals surface area contributed by atoms with Crippen LogP contribution in [0.1, 0.15) is 5.56 Å². The molecule has 0 amide bonds. The van der Waals surface area contributed by atoms with Crippen molar-refractivity contribution in [1.82, 2.24) is 5.43 Å². The third kappa shape index (κ3) is 6.46. The topological polar surface area (TPSA) is 115 Å². The van der Waals surface area contributed by atoms with Gasteiger partial charge in [0.2, 0.25) is 5.96 Å². The van der Waals surface area contributed by atoms with E-state index >= 15 is 0 Å². The Labute approximate surface area is 162 Å². The lowest BCUT2D eigenvalue weighted by atomic mass is 10.2. The normalized spacial score (nSPS) is 11.7. The standard InChI is InChI=1S/C17H19ClN4O4S/c1-12-8-14(25-7-6-21-17(19)22-20-2)11-15(9-12)26-27(23,24)16-5-3-4-13(18)10-16/h3-5,8-11H,2,6-7H2,1H3,(H3,19,21,22). The number of hydrogen-bond acceptors (Lipinski definition) is 6. The molecule has 0 aliphatic rings. The van der Waals surface area contributed by atoms with Gasteiger partial charge < -0.3 is 14.7 Å². The van der Waals surface area contributed by atoms with Crippen molar-refractivity contribution in [1.29, 1.82) is 0 Å². The maximum atomic E-state index is 12.4. The maximum Gasteiger partial charge on any atom is 0.339 e. The Balaban J connectivity index is 2.08. The number of hydrogen-bond donors (Lipinski definition) is 2. The zero-order valence-electron chi connectivity index (χ0n) is 14.6. The van der Waals surface area contributed by atoms with Crippen LogP contribution in [0.4, 0.5) is 0 Å². The van der Waals surface area contributed by atoms with E-state index in [9.17, 15) is 8.42 Å². The Morgan fingerprint density at radius 1 is 1.26 bits per heavy atom. The number of nitrogens with zero attached hydrogens (tertiary/aromatic N) is 2. The molecule has 0 atom stereocenters. The van der Waals surface area contributed by atoms with Gasteiger partial charge in [0.05, 0.1) is 6.54 Å². The van der Waals surface area contributed by atoms with Gasteiger partial charge in [0.25, 0.3) is 0 Å². The Kier molecular flexibility index (Phi) is 7.03. The zero-order chi connectivity index (χ0) is 19.9. The molecule has 144 valence electrons. The highest BCUT2D eigenvalue weighted by molar-refractivity contribution is 7.87. The number of benzene rings is 2. The molecule has 0 saturated heterocycles. The number of halogens is 1. The Morgan fingerprint density at radius 3 is 2.70 bits per heavy atom. The summed E-state index contributed by atoms with van der Waals surface area (Å²) in [6.45, 7) is 5.52. The van der Waals surface area contributed by atoms with Gasteiger partial charge in [0, 0.05) is 17.8 Å². The molecule has 0 aliphatic carbocycles. The van der Waals surface area contributed by atoms with E-state index in [1.165, 1.54) is 24.3 Å². The van der Waals surface area contributed by atoms with Crippen molar-refractivity contribution in [3.05, 3.63) is 53.1 Å². The fourth-order valence-electron chi connectivity index (χ4n) is 2.09. The van der Waals surface area contributed by atoms with Crippen LogP contribution in [0.25, 0.3) is 0 Å². The largest absolute Gasteiger partial charge is 0.492 e. The van der Waals surface area contributed by atoms with Crippen molar-refractivity contribution in [2.24, 2.45) is 15.8 Å². The fourth-order valence-corrected chi connectivity index (χ4v) is 3.31. The van der Waals surface area contributed by atoms with Gasteiger partial charge in [-0.05, 0) is 42.8 Å². The quantitative estimate of drug-likeness (QED) is 0.227. The highest BCUT2D eigenvalue weighted by Crippen LogP contribution is 2.26. The minimum absolute atomic E-state index is 0.0351. The van der Waals surface area contributed by atoms with Gasteiger partial charge in [-0.1, -0.05) is 17.7 Å². The first-order valence-corrected chi connectivity index (χ1v) is 9.55. The summed E-state index contributed by atoms with van der Waals surface area (Å²) in [4.78, 5) is 3.93. The first-order chi connectivity index (χ1) is 12.8. The third-order valence-electron chi connectivity index (χ3n) is 3.15. The van der Waals surface area contributed by atoms with E-state index in [1.807, 2.05) is 0 Å². The van der Waals surface area contributed by atoms with Crippen molar-refractivity contribution >= 4 is 34.4 Å². The monoisotopic (exact) mass is 410 g/mol. The summed E-state index contributed by atoms with van der Waals surface area (Å²) in [5.74, 6) is 0.690. The molecule has 3 N–H and O–H groups in total. The van der Waals surface area contributed by atoms with Crippen LogP contribution >= 0.6 is 11.6 Å². The van der Waals surface area contributed by atoms with Crippen molar-refractivity contribution in [3.63, 3.8) is 0 Å². The summed E-state index contributed by atoms with van der Waals surface area (Å²) in [6.07, 6.45) is 0. The molecule has 0 heterocycles. The molecular weight excluding hydrogens is 392 g/mol. The molecule has 0 bridgehead atoms. The van der Waals surface area contributed by atoms with E-state index in [2.05, 4.69) is 22.2 Å². The molecular formula is C17H19ClN4O4S. The second-order valence-electron chi connectivity index (χ2n) is 5.36. The molecule has 0 radical (unpaired) electrons. The number of hydrazone groups is 1. The van der Waals surface area contributed by atoms with E-state index in [4.69, 9.17) is 26.3 Å². The van der Waals surface area contributed by atoms with Gasteiger partial charge in [0.1, 0.15) is 23.0 Å². The van der Waals surface area contributed by atoms with Gasteiger partial charge in [-0.15, -0.1) is 0 Å². The molecule has 0 aliphatic heterocycles. The first kappa shape index (κ1) is 20.5. The lowest BCUT2D eigenvalue weighted by Gasteiger charge is -2.11. The summed E-state index contributed by atoms with van der Waals surface area (Å²) in [5, 5.41) is 3.68. The van der Waals surface area contributed by atoms with E-state index in [-0.39, 0.29) is 29.8 Å². The van der Waals surface area contributed by atoms with Crippen LogP contribution in [0.5, 0.6) is 11.5 Å². The number of nitrogens with one attached hydrogen (secondary N) is 1. The number of aryl methyl sites for hydroxylation is 1. The minimum atomic E-state index is -4.02. The Hall–Kier alpha value is -2.78. The van der Waals surface area contributed by atoms with Crippen LogP contribution in [0, 0.1) is 6.92 Å². The molecule has 0 saturated carbocycles. The average molecular weight is 411 g/mol. The average Bonchev–Trinajstić information content (AvgIpc) is 2.58. The summed E-state index contributed by atoms with van der Waals surface area (Å²) >= 11 is 5.84. The number of nitrogens with two attached hydrogens (primary N) is 1. The highest BCUT2D eigenvalue weighted by atomic mass is 35.5. The lowest BCUT2D eigenvalue weighted by molar-refractivity contribution is 0.327. The molecule has 2 rings (SSSR count). The molecule has 0 aromatic heterocycles. The molecule has 0 fully saturated rings. The molecule has 8 nitrogen and oxygen atoms in total. The SMILES string of the molecule is C=NNC(N)=NCCOc1cc(C)cc(OS(=O)(=O)c2cccc(Cl)c2)c1. The second-order valence-corrected chi connectivity index (χ2v) is 7.34. The smallest absolute Gasteiger partial charge is 0.339 e. The molecule has 10 heteroatoms. The van der Waals surface area contributed by atoms with E-state index in [0.29, 0.717) is 10.8 Å². The van der Waals surface area contributed by atoms with Gasteiger partial charge in [0.15, 0.2) is 0 Å². The summed E-state index contributed by atoms with van der Waals surface area (Å²) in [5.41, 5.74) is 8.67. The second kappa shape index (κ2) is 9.24. The van der Waals surface area contributed by atoms with Crippen LogP contribution in [0.2, 0.25) is 5.02 Å². The first-order valence-electron chi connectivity index (χ1n) is 7.76. The Bertz CT molecular complexity index is 948. The van der Waals surface area contributed by atoms with Crippen LogP contribution in [-0.4, -0.2) is 34.2 Å². The number of guanidine groups is 1. The van der Waals surface area contributed by atoms with Gasteiger partial charge in [-0.3, -0.25) is 0 Å². The van der Waals surface area contributed by atoms with E-state index < -0.39 is 10.1 Å². The van der Waals surface area contributed by atoms with Crippen LogP contribution in [-0.2, 0) is 10.1 Å². The zero-order valence-corrected chi connectivity index (χ0v) is 16.1. The van der Waals surface area contributed by atoms with Crippen LogP contribution in [0.15, 0.2) is 57.5 Å². The van der Waals surface area contributed by atoms with E-state index in [0.717, 1.165) is 5.56 Å². The molecule has 2 aromatic carbocycles. The number of ether oxygens (including phenoxy) is 1. The highest BCUT2D eigenvalue weighted by Gasteiger charge is 2.17. The summed E-state index contributed by atoms with van der Waals surface area (Å²) < 4.78 is 35.6.